The van der Waals surface area contributed by atoms with E-state index in [1.165, 1.54) is 24.3 Å². The molecule has 1 heterocycles. The Morgan fingerprint density at radius 3 is 2.57 bits per heavy atom. The van der Waals surface area contributed by atoms with E-state index in [4.69, 9.17) is 16.3 Å². The summed E-state index contributed by atoms with van der Waals surface area (Å²) in [6.45, 7) is 1.45. The van der Waals surface area contributed by atoms with Crippen LogP contribution in [0, 0.1) is 5.82 Å². The highest BCUT2D eigenvalue weighted by Crippen LogP contribution is 2.29. The van der Waals surface area contributed by atoms with E-state index < -0.39 is 29.4 Å². The first-order valence-corrected chi connectivity index (χ1v) is 9.08. The van der Waals surface area contributed by atoms with Crippen molar-refractivity contribution in [2.45, 2.75) is 25.2 Å². The average molecular weight is 407 g/mol. The zero-order valence-corrected chi connectivity index (χ0v) is 15.9. The Hall–Kier alpha value is -2.48. The maximum atomic E-state index is 13.1. The van der Waals surface area contributed by atoms with E-state index in [2.05, 4.69) is 5.32 Å². The summed E-state index contributed by atoms with van der Waals surface area (Å²) in [6, 6.07) is 11.9. The molecule has 0 bridgehead atoms. The number of carbonyl (C=O) groups excluding carboxylic acids is 2. The molecule has 1 aliphatic rings. The van der Waals surface area contributed by atoms with E-state index in [9.17, 15) is 19.1 Å². The summed E-state index contributed by atoms with van der Waals surface area (Å²) in [6.07, 6.45) is -1.06. The maximum Gasteiger partial charge on any atom is 0.325 e. The van der Waals surface area contributed by atoms with Crippen molar-refractivity contribution in [2.24, 2.45) is 0 Å². The number of urea groups is 1. The van der Waals surface area contributed by atoms with Gasteiger partial charge in [-0.15, -0.1) is 0 Å². The van der Waals surface area contributed by atoms with Gasteiger partial charge >= 0.3 is 6.03 Å². The van der Waals surface area contributed by atoms with Crippen molar-refractivity contribution < 1.29 is 23.8 Å². The summed E-state index contributed by atoms with van der Waals surface area (Å²) in [5, 5.41) is 13.4. The van der Waals surface area contributed by atoms with Crippen molar-refractivity contribution >= 4 is 23.5 Å². The fourth-order valence-corrected chi connectivity index (χ4v) is 3.22. The van der Waals surface area contributed by atoms with E-state index in [1.807, 2.05) is 6.07 Å². The molecular weight excluding hydrogens is 387 g/mol. The predicted octanol–water partition coefficient (Wildman–Crippen LogP) is 2.82. The standard InChI is InChI=1S/C20H20ClFN2O4/c1-20(14-6-8-15(22)9-7-14)18(26)24(19(27)23-20)10-16(25)12-28-11-13-4-2-3-5-17(13)21/h2-9,16,25H,10-12H2,1H3,(H,23,27). The molecule has 0 aromatic heterocycles. The molecule has 2 aromatic rings. The number of carbonyl (C=O) groups is 2. The largest absolute Gasteiger partial charge is 0.389 e. The van der Waals surface area contributed by atoms with Gasteiger partial charge in [-0.1, -0.05) is 41.9 Å². The minimum atomic E-state index is -1.32. The first-order valence-electron chi connectivity index (χ1n) is 8.70. The lowest BCUT2D eigenvalue weighted by atomic mass is 9.92. The molecule has 2 aromatic carbocycles. The van der Waals surface area contributed by atoms with Crippen molar-refractivity contribution in [3.63, 3.8) is 0 Å². The predicted molar refractivity (Wildman–Crippen MR) is 101 cm³/mol. The van der Waals surface area contributed by atoms with Crippen LogP contribution in [-0.4, -0.2) is 41.2 Å². The Morgan fingerprint density at radius 2 is 1.89 bits per heavy atom. The second-order valence-electron chi connectivity index (χ2n) is 6.74. The van der Waals surface area contributed by atoms with Gasteiger partial charge in [-0.05, 0) is 36.2 Å². The lowest BCUT2D eigenvalue weighted by Gasteiger charge is -2.23. The van der Waals surface area contributed by atoms with Crippen LogP contribution >= 0.6 is 11.6 Å². The topological polar surface area (TPSA) is 78.9 Å². The van der Waals surface area contributed by atoms with Crippen LogP contribution in [0.5, 0.6) is 0 Å². The van der Waals surface area contributed by atoms with Gasteiger partial charge in [-0.25, -0.2) is 9.18 Å². The molecule has 1 saturated heterocycles. The smallest absolute Gasteiger partial charge is 0.325 e. The average Bonchev–Trinajstić information content (AvgIpc) is 2.88. The Labute approximate surface area is 166 Å². The number of rotatable bonds is 7. The Balaban J connectivity index is 1.59. The van der Waals surface area contributed by atoms with E-state index in [-0.39, 0.29) is 19.8 Å². The molecule has 28 heavy (non-hydrogen) atoms. The zero-order valence-electron chi connectivity index (χ0n) is 15.2. The number of amides is 3. The maximum absolute atomic E-state index is 13.1. The van der Waals surface area contributed by atoms with Crippen molar-refractivity contribution in [3.8, 4) is 0 Å². The number of ether oxygens (including phenoxy) is 1. The van der Waals surface area contributed by atoms with Crippen LogP contribution in [0.1, 0.15) is 18.1 Å². The van der Waals surface area contributed by atoms with Gasteiger partial charge in [-0.3, -0.25) is 9.69 Å². The third kappa shape index (κ3) is 4.16. The van der Waals surface area contributed by atoms with E-state index in [0.717, 1.165) is 10.5 Å². The van der Waals surface area contributed by atoms with E-state index >= 15 is 0 Å². The SMILES string of the molecule is CC1(c2ccc(F)cc2)NC(=O)N(CC(O)COCc2ccccc2Cl)C1=O. The molecule has 1 fully saturated rings. The summed E-state index contributed by atoms with van der Waals surface area (Å²) in [5.41, 5.74) is -0.0856. The minimum absolute atomic E-state index is 0.0739. The molecule has 2 N–H and O–H groups in total. The first-order chi connectivity index (χ1) is 13.3. The molecule has 0 radical (unpaired) electrons. The summed E-state index contributed by atoms with van der Waals surface area (Å²) in [5.74, 6) is -0.957. The second kappa shape index (κ2) is 8.26. The number of benzene rings is 2. The number of hydrogen-bond donors (Lipinski definition) is 2. The highest BCUT2D eigenvalue weighted by atomic mass is 35.5. The number of halogens is 2. The van der Waals surface area contributed by atoms with Crippen LogP contribution in [0.25, 0.3) is 0 Å². The third-order valence-corrected chi connectivity index (χ3v) is 4.98. The fourth-order valence-electron chi connectivity index (χ4n) is 3.03. The van der Waals surface area contributed by atoms with Crippen molar-refractivity contribution in [2.75, 3.05) is 13.2 Å². The minimum Gasteiger partial charge on any atom is -0.389 e. The van der Waals surface area contributed by atoms with Gasteiger partial charge in [-0.2, -0.15) is 0 Å². The second-order valence-corrected chi connectivity index (χ2v) is 7.15. The highest BCUT2D eigenvalue weighted by molar-refractivity contribution is 6.31. The fraction of sp³-hybridized carbons (Fsp3) is 0.300. The molecule has 3 amide bonds. The molecule has 1 aliphatic heterocycles. The number of nitrogens with one attached hydrogen (secondary N) is 1. The van der Waals surface area contributed by atoms with Gasteiger partial charge in [0.2, 0.25) is 0 Å². The van der Waals surface area contributed by atoms with Gasteiger partial charge < -0.3 is 15.2 Å². The lowest BCUT2D eigenvalue weighted by molar-refractivity contribution is -0.132. The van der Waals surface area contributed by atoms with Crippen LogP contribution < -0.4 is 5.32 Å². The number of imide groups is 1. The Kier molecular flexibility index (Phi) is 5.98. The van der Waals surface area contributed by atoms with Crippen molar-refractivity contribution in [3.05, 3.63) is 70.5 Å². The van der Waals surface area contributed by atoms with Gasteiger partial charge in [0.05, 0.1) is 25.9 Å². The van der Waals surface area contributed by atoms with Gasteiger partial charge in [0.25, 0.3) is 5.91 Å². The number of aliphatic hydroxyl groups excluding tert-OH is 1. The number of β-amino-alcohol motifs (C(OH)–C–C–N with tert-alkyl or cyclic N) is 1. The van der Waals surface area contributed by atoms with Crippen LogP contribution in [-0.2, 0) is 21.7 Å². The molecule has 0 aliphatic carbocycles. The summed E-state index contributed by atoms with van der Waals surface area (Å²) < 4.78 is 18.6. The van der Waals surface area contributed by atoms with Gasteiger partial charge in [0.1, 0.15) is 11.4 Å². The van der Waals surface area contributed by atoms with Crippen molar-refractivity contribution in [1.29, 1.82) is 0 Å². The Morgan fingerprint density at radius 1 is 1.21 bits per heavy atom. The van der Waals surface area contributed by atoms with Gasteiger partial charge in [0.15, 0.2) is 0 Å². The Bertz CT molecular complexity index is 877. The van der Waals surface area contributed by atoms with Crippen LogP contribution in [0.3, 0.4) is 0 Å². The highest BCUT2D eigenvalue weighted by Gasteiger charge is 2.49. The van der Waals surface area contributed by atoms with Crippen molar-refractivity contribution in [1.82, 2.24) is 10.2 Å². The van der Waals surface area contributed by atoms with Crippen LogP contribution in [0.4, 0.5) is 9.18 Å². The molecule has 6 nitrogen and oxygen atoms in total. The quantitative estimate of drug-likeness (QED) is 0.693. The van der Waals surface area contributed by atoms with Gasteiger partial charge in [0, 0.05) is 5.02 Å². The molecule has 0 saturated carbocycles. The first kappa shape index (κ1) is 20.3. The molecular formula is C20H20ClFN2O4. The summed E-state index contributed by atoms with van der Waals surface area (Å²) in [7, 11) is 0. The van der Waals surface area contributed by atoms with Crippen LogP contribution in [0.2, 0.25) is 5.02 Å². The lowest BCUT2D eigenvalue weighted by Crippen LogP contribution is -2.42. The summed E-state index contributed by atoms with van der Waals surface area (Å²) >= 11 is 6.04. The molecule has 8 heteroatoms. The van der Waals surface area contributed by atoms with E-state index in [1.54, 1.807) is 25.1 Å². The number of nitrogens with zero attached hydrogens (tertiary/aromatic N) is 1. The third-order valence-electron chi connectivity index (χ3n) is 4.62. The zero-order chi connectivity index (χ0) is 20.3. The molecule has 3 rings (SSSR count). The van der Waals surface area contributed by atoms with Crippen LogP contribution in [0.15, 0.2) is 48.5 Å². The molecule has 2 unspecified atom stereocenters. The molecule has 2 atom stereocenters. The van der Waals surface area contributed by atoms with E-state index in [0.29, 0.717) is 10.6 Å². The monoisotopic (exact) mass is 406 g/mol. The molecule has 148 valence electrons. The molecule has 0 spiro atoms. The number of hydrogen-bond acceptors (Lipinski definition) is 4. The summed E-state index contributed by atoms with van der Waals surface area (Å²) in [4.78, 5) is 26.0. The number of aliphatic hydroxyl groups is 1. The normalized spacial score (nSPS) is 20.4.